The molecule has 0 atom stereocenters. The van der Waals surface area contributed by atoms with Gasteiger partial charge in [0.15, 0.2) is 0 Å². The zero-order chi connectivity index (χ0) is 17.2. The monoisotopic (exact) mass is 358 g/mol. The third kappa shape index (κ3) is 3.12. The maximum atomic E-state index is 9.54. The Labute approximate surface area is 154 Å². The zero-order valence-electron chi connectivity index (χ0n) is 13.6. The lowest BCUT2D eigenvalue weighted by Gasteiger charge is -2.01. The van der Waals surface area contributed by atoms with Crippen molar-refractivity contribution in [3.8, 4) is 17.3 Å². The number of allylic oxidation sites excluding steroid dienone is 1. The van der Waals surface area contributed by atoms with E-state index in [-0.39, 0.29) is 0 Å². The van der Waals surface area contributed by atoms with Crippen LogP contribution in [0.4, 0.5) is 0 Å². The van der Waals surface area contributed by atoms with Crippen LogP contribution in [0.15, 0.2) is 59.3 Å². The molecular weight excluding hydrogens is 344 g/mol. The summed E-state index contributed by atoms with van der Waals surface area (Å²) in [5.74, 6) is 0. The first-order chi connectivity index (χ1) is 12.2. The summed E-state index contributed by atoms with van der Waals surface area (Å²) in [5, 5.41) is 16.8. The van der Waals surface area contributed by atoms with E-state index in [4.69, 9.17) is 4.98 Å². The maximum Gasteiger partial charge on any atom is 0.134 e. The fourth-order valence-electron chi connectivity index (χ4n) is 2.68. The van der Waals surface area contributed by atoms with Crippen molar-refractivity contribution in [3.05, 3.63) is 74.7 Å². The second-order valence-electron chi connectivity index (χ2n) is 5.74. The van der Waals surface area contributed by atoms with Crippen molar-refractivity contribution in [2.45, 2.75) is 6.92 Å². The van der Waals surface area contributed by atoms with Gasteiger partial charge in [0, 0.05) is 15.8 Å². The number of hydrogen-bond donors (Lipinski definition) is 0. The van der Waals surface area contributed by atoms with E-state index in [0.29, 0.717) is 5.57 Å². The number of hydrogen-bond acceptors (Lipinski definition) is 4. The van der Waals surface area contributed by atoms with E-state index in [1.54, 1.807) is 11.3 Å². The molecule has 0 spiro atoms. The average molecular weight is 358 g/mol. The molecule has 0 aliphatic rings. The van der Waals surface area contributed by atoms with Gasteiger partial charge in [-0.05, 0) is 46.8 Å². The lowest BCUT2D eigenvalue weighted by molar-refractivity contribution is 1.37. The molecule has 4 heteroatoms. The van der Waals surface area contributed by atoms with Crippen molar-refractivity contribution in [1.29, 1.82) is 5.26 Å². The summed E-state index contributed by atoms with van der Waals surface area (Å²) in [6.45, 7) is 2.06. The average Bonchev–Trinajstić information content (AvgIpc) is 3.28. The van der Waals surface area contributed by atoms with E-state index in [1.807, 2.05) is 29.0 Å². The number of benzene rings is 2. The molecule has 0 N–H and O–H groups in total. The SMILES string of the molecule is Cc1ccsc1/C=C(\C#N)c1nc(-c2ccc3ccccc3c2)cs1. The van der Waals surface area contributed by atoms with Gasteiger partial charge in [0.05, 0.1) is 11.3 Å². The molecule has 2 aromatic carbocycles. The third-order valence-corrected chi connectivity index (χ3v) is 5.92. The number of aromatic nitrogens is 1. The predicted octanol–water partition coefficient (Wildman–Crippen LogP) is 6.40. The smallest absolute Gasteiger partial charge is 0.134 e. The highest BCUT2D eigenvalue weighted by molar-refractivity contribution is 7.12. The van der Waals surface area contributed by atoms with Crippen LogP contribution in [-0.2, 0) is 0 Å². The minimum absolute atomic E-state index is 0.614. The van der Waals surface area contributed by atoms with Gasteiger partial charge in [-0.25, -0.2) is 4.98 Å². The molecule has 2 heterocycles. The molecule has 2 aromatic heterocycles. The van der Waals surface area contributed by atoms with E-state index in [0.717, 1.165) is 21.1 Å². The number of aryl methyl sites for hydroxylation is 1. The van der Waals surface area contributed by atoms with Crippen LogP contribution >= 0.6 is 22.7 Å². The molecule has 120 valence electrons. The highest BCUT2D eigenvalue weighted by atomic mass is 32.1. The van der Waals surface area contributed by atoms with E-state index in [2.05, 4.69) is 49.4 Å². The molecule has 4 aromatic rings. The minimum atomic E-state index is 0.614. The number of nitriles is 1. The van der Waals surface area contributed by atoms with Gasteiger partial charge >= 0.3 is 0 Å². The molecule has 4 rings (SSSR count). The Morgan fingerprint density at radius 3 is 2.68 bits per heavy atom. The van der Waals surface area contributed by atoms with Crippen LogP contribution < -0.4 is 0 Å². The molecule has 0 fully saturated rings. The fraction of sp³-hybridized carbons (Fsp3) is 0.0476. The van der Waals surface area contributed by atoms with Crippen LogP contribution in [0.1, 0.15) is 15.4 Å². The maximum absolute atomic E-state index is 9.54. The standard InChI is InChI=1S/C21H14N2S2/c1-14-8-9-24-20(14)11-18(12-22)21-23-19(13-25-21)17-7-6-15-4-2-3-5-16(15)10-17/h2-11,13H,1H3/b18-11+. The van der Waals surface area contributed by atoms with Crippen molar-refractivity contribution in [1.82, 2.24) is 4.98 Å². The molecule has 0 saturated carbocycles. The van der Waals surface area contributed by atoms with Crippen LogP contribution in [0.3, 0.4) is 0 Å². The van der Waals surface area contributed by atoms with Crippen molar-refractivity contribution < 1.29 is 0 Å². The van der Waals surface area contributed by atoms with Gasteiger partial charge < -0.3 is 0 Å². The highest BCUT2D eigenvalue weighted by Crippen LogP contribution is 2.30. The van der Waals surface area contributed by atoms with E-state index in [9.17, 15) is 5.26 Å². The second-order valence-corrected chi connectivity index (χ2v) is 7.54. The lowest BCUT2D eigenvalue weighted by Crippen LogP contribution is -1.83. The summed E-state index contributed by atoms with van der Waals surface area (Å²) < 4.78 is 0. The molecule has 0 saturated heterocycles. The summed E-state index contributed by atoms with van der Waals surface area (Å²) in [6, 6.07) is 19.0. The molecule has 0 aliphatic carbocycles. The first-order valence-electron chi connectivity index (χ1n) is 7.85. The summed E-state index contributed by atoms with van der Waals surface area (Å²) in [6.07, 6.45) is 1.93. The third-order valence-electron chi connectivity index (χ3n) is 4.08. The number of nitrogens with zero attached hydrogens (tertiary/aromatic N) is 2. The molecule has 0 unspecified atom stereocenters. The second kappa shape index (κ2) is 6.64. The number of thiazole rings is 1. The zero-order valence-corrected chi connectivity index (χ0v) is 15.2. The van der Waals surface area contributed by atoms with Gasteiger partial charge in [-0.1, -0.05) is 36.4 Å². The summed E-state index contributed by atoms with van der Waals surface area (Å²) in [7, 11) is 0. The van der Waals surface area contributed by atoms with Crippen LogP contribution in [-0.4, -0.2) is 4.98 Å². The van der Waals surface area contributed by atoms with Crippen molar-refractivity contribution in [2.24, 2.45) is 0 Å². The van der Waals surface area contributed by atoms with Crippen LogP contribution in [0, 0.1) is 18.3 Å². The van der Waals surface area contributed by atoms with Gasteiger partial charge in [-0.2, -0.15) is 5.26 Å². The molecular formula is C21H14N2S2. The first kappa shape index (κ1) is 15.8. The summed E-state index contributed by atoms with van der Waals surface area (Å²) in [4.78, 5) is 5.81. The molecule has 0 bridgehead atoms. The normalized spacial score (nSPS) is 11.6. The summed E-state index contributed by atoms with van der Waals surface area (Å²) in [5.41, 5.74) is 3.78. The topological polar surface area (TPSA) is 36.7 Å². The fourth-order valence-corrected chi connectivity index (χ4v) is 4.34. The van der Waals surface area contributed by atoms with Crippen molar-refractivity contribution >= 4 is 45.1 Å². The number of fused-ring (bicyclic) bond motifs is 1. The Morgan fingerprint density at radius 1 is 1.08 bits per heavy atom. The molecule has 0 amide bonds. The Balaban J connectivity index is 1.72. The Hall–Kier alpha value is -2.74. The number of thiophene rings is 1. The van der Waals surface area contributed by atoms with Crippen LogP contribution in [0.5, 0.6) is 0 Å². The molecule has 25 heavy (non-hydrogen) atoms. The largest absolute Gasteiger partial charge is 0.235 e. The van der Waals surface area contributed by atoms with Crippen molar-refractivity contribution in [3.63, 3.8) is 0 Å². The van der Waals surface area contributed by atoms with Gasteiger partial charge in [0.1, 0.15) is 11.1 Å². The predicted molar refractivity (Wildman–Crippen MR) is 108 cm³/mol. The first-order valence-corrected chi connectivity index (χ1v) is 9.61. The molecule has 2 nitrogen and oxygen atoms in total. The van der Waals surface area contributed by atoms with Crippen LogP contribution in [0.25, 0.3) is 33.7 Å². The highest BCUT2D eigenvalue weighted by Gasteiger charge is 2.10. The molecule has 0 radical (unpaired) electrons. The van der Waals surface area contributed by atoms with Gasteiger partial charge in [0.2, 0.25) is 0 Å². The van der Waals surface area contributed by atoms with Gasteiger partial charge in [-0.15, -0.1) is 22.7 Å². The van der Waals surface area contributed by atoms with Gasteiger partial charge in [0.25, 0.3) is 0 Å². The Kier molecular flexibility index (Phi) is 4.19. The summed E-state index contributed by atoms with van der Waals surface area (Å²) >= 11 is 3.15. The van der Waals surface area contributed by atoms with E-state index < -0.39 is 0 Å². The Morgan fingerprint density at radius 2 is 1.92 bits per heavy atom. The van der Waals surface area contributed by atoms with Crippen molar-refractivity contribution in [2.75, 3.05) is 0 Å². The lowest BCUT2D eigenvalue weighted by atomic mass is 10.1. The Bertz CT molecular complexity index is 1130. The molecule has 0 aliphatic heterocycles. The quantitative estimate of drug-likeness (QED) is 0.397. The van der Waals surface area contributed by atoms with E-state index in [1.165, 1.54) is 27.7 Å². The van der Waals surface area contributed by atoms with Gasteiger partial charge in [-0.3, -0.25) is 0 Å². The van der Waals surface area contributed by atoms with E-state index >= 15 is 0 Å². The number of rotatable bonds is 3. The minimum Gasteiger partial charge on any atom is -0.235 e. The van der Waals surface area contributed by atoms with Crippen LogP contribution in [0.2, 0.25) is 0 Å².